The molecule has 1 heterocycles. The summed E-state index contributed by atoms with van der Waals surface area (Å²) in [4.78, 5) is 28.2. The fourth-order valence-electron chi connectivity index (χ4n) is 2.95. The van der Waals surface area contributed by atoms with Crippen molar-refractivity contribution in [2.75, 3.05) is 0 Å². The van der Waals surface area contributed by atoms with Crippen LogP contribution in [0.15, 0.2) is 64.8 Å². The SMILES string of the molecule is CC(C)(C)C1=CC(=O)NC2=CC(=NC(=O)c3cccc(F)c3)C=CC21. The van der Waals surface area contributed by atoms with Crippen LogP contribution < -0.4 is 5.32 Å². The van der Waals surface area contributed by atoms with Crippen molar-refractivity contribution in [2.45, 2.75) is 20.8 Å². The van der Waals surface area contributed by atoms with Crippen LogP contribution in [0.4, 0.5) is 4.39 Å². The number of hydrogen-bond donors (Lipinski definition) is 1. The van der Waals surface area contributed by atoms with Gasteiger partial charge in [0, 0.05) is 23.3 Å². The van der Waals surface area contributed by atoms with Crippen LogP contribution in [-0.4, -0.2) is 17.5 Å². The maximum absolute atomic E-state index is 13.2. The average molecular weight is 338 g/mol. The van der Waals surface area contributed by atoms with Gasteiger partial charge in [0.15, 0.2) is 0 Å². The molecule has 4 nitrogen and oxygen atoms in total. The highest BCUT2D eigenvalue weighted by Crippen LogP contribution is 2.38. The van der Waals surface area contributed by atoms with Gasteiger partial charge < -0.3 is 5.32 Å². The lowest BCUT2D eigenvalue weighted by atomic mass is 9.74. The number of aliphatic imine (C=N–C) groups is 1. The molecule has 0 fully saturated rings. The molecule has 0 saturated carbocycles. The molecule has 0 spiro atoms. The predicted octanol–water partition coefficient (Wildman–Crippen LogP) is 3.58. The summed E-state index contributed by atoms with van der Waals surface area (Å²) in [5, 5.41) is 2.81. The summed E-state index contributed by atoms with van der Waals surface area (Å²) in [6.45, 7) is 6.17. The van der Waals surface area contributed by atoms with Gasteiger partial charge in [-0.15, -0.1) is 0 Å². The monoisotopic (exact) mass is 338 g/mol. The van der Waals surface area contributed by atoms with Crippen molar-refractivity contribution in [2.24, 2.45) is 16.3 Å². The van der Waals surface area contributed by atoms with Crippen LogP contribution >= 0.6 is 0 Å². The zero-order valence-electron chi connectivity index (χ0n) is 14.3. The summed E-state index contributed by atoms with van der Waals surface area (Å²) in [5.41, 5.74) is 2.16. The first-order valence-electron chi connectivity index (χ1n) is 8.05. The van der Waals surface area contributed by atoms with Crippen LogP contribution in [0.1, 0.15) is 31.1 Å². The zero-order valence-corrected chi connectivity index (χ0v) is 14.3. The number of fused-ring (bicyclic) bond motifs is 1. The van der Waals surface area contributed by atoms with E-state index < -0.39 is 11.7 Å². The van der Waals surface area contributed by atoms with Crippen molar-refractivity contribution in [1.29, 1.82) is 0 Å². The third kappa shape index (κ3) is 3.65. The molecule has 1 aliphatic carbocycles. The maximum atomic E-state index is 13.2. The standard InChI is InChI=1S/C20H19FN2O2/c1-20(2,3)16-11-18(24)23-17-10-14(7-8-15(16)17)22-19(25)12-5-4-6-13(21)9-12/h4-11,15H,1-3H3,(H,23,24). The smallest absolute Gasteiger partial charge is 0.277 e. The molecule has 0 bridgehead atoms. The Morgan fingerprint density at radius 3 is 2.68 bits per heavy atom. The number of benzene rings is 1. The number of carbonyl (C=O) groups excluding carboxylic acids is 2. The molecule has 25 heavy (non-hydrogen) atoms. The highest BCUT2D eigenvalue weighted by molar-refractivity contribution is 6.14. The molecule has 0 aromatic heterocycles. The van der Waals surface area contributed by atoms with E-state index in [0.717, 1.165) is 11.6 Å². The molecule has 1 unspecified atom stereocenters. The number of amides is 2. The van der Waals surface area contributed by atoms with Crippen molar-refractivity contribution in [3.8, 4) is 0 Å². The van der Waals surface area contributed by atoms with E-state index >= 15 is 0 Å². The maximum Gasteiger partial charge on any atom is 0.277 e. The summed E-state index contributed by atoms with van der Waals surface area (Å²) in [6.07, 6.45) is 7.00. The first-order valence-corrected chi connectivity index (χ1v) is 8.05. The Morgan fingerprint density at radius 1 is 1.24 bits per heavy atom. The molecule has 0 radical (unpaired) electrons. The summed E-state index contributed by atoms with van der Waals surface area (Å²) >= 11 is 0. The normalized spacial score (nSPS) is 21.4. The van der Waals surface area contributed by atoms with Crippen LogP contribution in [-0.2, 0) is 4.79 Å². The van der Waals surface area contributed by atoms with Gasteiger partial charge in [0.2, 0.25) is 5.91 Å². The lowest BCUT2D eigenvalue weighted by molar-refractivity contribution is -0.116. The van der Waals surface area contributed by atoms with Gasteiger partial charge in [-0.3, -0.25) is 9.59 Å². The molecule has 1 N–H and O–H groups in total. The quantitative estimate of drug-likeness (QED) is 0.851. The molecule has 1 aromatic rings. The van der Waals surface area contributed by atoms with Crippen molar-refractivity contribution in [3.63, 3.8) is 0 Å². The minimum atomic E-state index is -0.525. The van der Waals surface area contributed by atoms with Gasteiger partial charge in [0.05, 0.1) is 5.71 Å². The number of nitrogens with zero attached hydrogens (tertiary/aromatic N) is 1. The van der Waals surface area contributed by atoms with Crippen molar-refractivity contribution in [3.05, 3.63) is 71.2 Å². The Labute approximate surface area is 145 Å². The van der Waals surface area contributed by atoms with Crippen LogP contribution in [0.2, 0.25) is 0 Å². The molecule has 128 valence electrons. The number of nitrogens with one attached hydrogen (secondary N) is 1. The highest BCUT2D eigenvalue weighted by atomic mass is 19.1. The second-order valence-electron chi connectivity index (χ2n) is 7.13. The van der Waals surface area contributed by atoms with E-state index in [1.54, 1.807) is 18.2 Å². The molecular formula is C20H19FN2O2. The highest BCUT2D eigenvalue weighted by Gasteiger charge is 2.32. The van der Waals surface area contributed by atoms with Crippen molar-refractivity contribution >= 4 is 17.5 Å². The summed E-state index contributed by atoms with van der Waals surface area (Å²) < 4.78 is 13.2. The Kier molecular flexibility index (Phi) is 4.25. The van der Waals surface area contributed by atoms with E-state index in [1.807, 2.05) is 6.08 Å². The van der Waals surface area contributed by atoms with Gasteiger partial charge in [-0.2, -0.15) is 0 Å². The second-order valence-corrected chi connectivity index (χ2v) is 7.13. The summed E-state index contributed by atoms with van der Waals surface area (Å²) in [5.74, 6) is -1.23. The predicted molar refractivity (Wildman–Crippen MR) is 94.6 cm³/mol. The van der Waals surface area contributed by atoms with Crippen LogP contribution in [0, 0.1) is 17.2 Å². The summed E-state index contributed by atoms with van der Waals surface area (Å²) in [6, 6.07) is 5.41. The van der Waals surface area contributed by atoms with Gasteiger partial charge in [0.25, 0.3) is 5.91 Å². The molecular weight excluding hydrogens is 319 g/mol. The van der Waals surface area contributed by atoms with Gasteiger partial charge in [-0.25, -0.2) is 9.38 Å². The number of hydrogen-bond acceptors (Lipinski definition) is 2. The fraction of sp³-hybridized carbons (Fsp3) is 0.250. The van der Waals surface area contributed by atoms with E-state index in [0.29, 0.717) is 11.4 Å². The molecule has 3 rings (SSSR count). The van der Waals surface area contributed by atoms with Crippen LogP contribution in [0.3, 0.4) is 0 Å². The Bertz CT molecular complexity index is 870. The first-order chi connectivity index (χ1) is 11.7. The second kappa shape index (κ2) is 6.24. The number of allylic oxidation sites excluding steroid dienone is 3. The Hall–Kier alpha value is -2.82. The first kappa shape index (κ1) is 17.0. The van der Waals surface area contributed by atoms with Crippen molar-refractivity contribution in [1.82, 2.24) is 5.32 Å². The van der Waals surface area contributed by atoms with Gasteiger partial charge in [-0.1, -0.05) is 32.9 Å². The van der Waals surface area contributed by atoms with E-state index in [9.17, 15) is 14.0 Å². The van der Waals surface area contributed by atoms with E-state index in [4.69, 9.17) is 0 Å². The van der Waals surface area contributed by atoms with Crippen LogP contribution in [0.25, 0.3) is 0 Å². The number of halogens is 1. The molecule has 5 heteroatoms. The van der Waals surface area contributed by atoms with Crippen molar-refractivity contribution < 1.29 is 14.0 Å². The van der Waals surface area contributed by atoms with Crippen LogP contribution in [0.5, 0.6) is 0 Å². The average Bonchev–Trinajstić information content (AvgIpc) is 2.52. The number of carbonyl (C=O) groups is 2. The Balaban J connectivity index is 1.90. The molecule has 1 aromatic carbocycles. The minimum Gasteiger partial charge on any atom is -0.325 e. The summed E-state index contributed by atoms with van der Waals surface area (Å²) in [7, 11) is 0. The molecule has 2 aliphatic rings. The topological polar surface area (TPSA) is 58.5 Å². The molecule has 2 amide bonds. The molecule has 1 atom stereocenters. The zero-order chi connectivity index (χ0) is 18.2. The van der Waals surface area contributed by atoms with E-state index in [-0.39, 0.29) is 22.8 Å². The van der Waals surface area contributed by atoms with Gasteiger partial charge in [-0.05, 0) is 41.3 Å². The largest absolute Gasteiger partial charge is 0.325 e. The van der Waals surface area contributed by atoms with E-state index in [2.05, 4.69) is 31.1 Å². The lowest BCUT2D eigenvalue weighted by Gasteiger charge is -2.34. The fourth-order valence-corrected chi connectivity index (χ4v) is 2.95. The van der Waals surface area contributed by atoms with Gasteiger partial charge in [0.1, 0.15) is 5.82 Å². The van der Waals surface area contributed by atoms with Gasteiger partial charge >= 0.3 is 0 Å². The number of rotatable bonds is 1. The third-order valence-electron chi connectivity index (χ3n) is 4.16. The minimum absolute atomic E-state index is 0.0408. The molecule has 0 saturated heterocycles. The van der Waals surface area contributed by atoms with E-state index in [1.165, 1.54) is 18.2 Å². The Morgan fingerprint density at radius 2 is 2.00 bits per heavy atom. The lowest BCUT2D eigenvalue weighted by Crippen LogP contribution is -2.36. The third-order valence-corrected chi connectivity index (χ3v) is 4.16. The molecule has 1 aliphatic heterocycles.